The molecule has 154 valence electrons. The third-order valence-corrected chi connectivity index (χ3v) is 6.48. The molecule has 1 fully saturated rings. The summed E-state index contributed by atoms with van der Waals surface area (Å²) in [7, 11) is 1.74. The predicted molar refractivity (Wildman–Crippen MR) is 118 cm³/mol. The molecule has 1 aromatic carbocycles. The number of nitrogens with one attached hydrogen (secondary N) is 2. The maximum atomic E-state index is 6.62. The fourth-order valence-corrected chi connectivity index (χ4v) is 4.37. The van der Waals surface area contributed by atoms with Crippen molar-refractivity contribution in [2.24, 2.45) is 10.9 Å². The lowest BCUT2D eigenvalue weighted by Crippen LogP contribution is -2.40. The summed E-state index contributed by atoms with van der Waals surface area (Å²) in [5, 5.41) is 7.70. The van der Waals surface area contributed by atoms with Gasteiger partial charge in [-0.25, -0.2) is 15.0 Å². The average molecular weight is 414 g/mol. The number of hydrogen-bond donors (Lipinski definition) is 2. The van der Waals surface area contributed by atoms with Gasteiger partial charge in [0.05, 0.1) is 13.2 Å². The van der Waals surface area contributed by atoms with Crippen molar-refractivity contribution in [2.75, 3.05) is 25.5 Å². The highest BCUT2D eigenvalue weighted by atomic mass is 35.5. The molecule has 1 aromatic heterocycles. The molecule has 6 nitrogen and oxygen atoms in total. The third-order valence-electron chi connectivity index (χ3n) is 6.09. The zero-order chi connectivity index (χ0) is 20.5. The summed E-state index contributed by atoms with van der Waals surface area (Å²) in [6.07, 6.45) is 5.52. The maximum Gasteiger partial charge on any atom is 0.160 e. The van der Waals surface area contributed by atoms with E-state index >= 15 is 0 Å². The number of hydrogen-bond acceptors (Lipinski definition) is 6. The van der Waals surface area contributed by atoms with Gasteiger partial charge in [0.2, 0.25) is 0 Å². The number of fused-ring (bicyclic) bond motifs is 1. The molecule has 2 aromatic rings. The van der Waals surface area contributed by atoms with Crippen LogP contribution in [0.1, 0.15) is 54.5 Å². The largest absolute Gasteiger partial charge is 0.496 e. The number of aliphatic imine (C=N–C) groups is 1. The van der Waals surface area contributed by atoms with Crippen LogP contribution in [-0.2, 0) is 6.42 Å². The van der Waals surface area contributed by atoms with Gasteiger partial charge in [0.1, 0.15) is 17.9 Å². The van der Waals surface area contributed by atoms with Gasteiger partial charge < -0.3 is 15.4 Å². The van der Waals surface area contributed by atoms with Crippen molar-refractivity contribution in [3.63, 3.8) is 0 Å². The highest BCUT2D eigenvalue weighted by Gasteiger charge is 2.29. The molecule has 0 amide bonds. The van der Waals surface area contributed by atoms with E-state index < -0.39 is 0 Å². The molecule has 4 rings (SSSR count). The summed E-state index contributed by atoms with van der Waals surface area (Å²) in [6, 6.07) is 1.99. The van der Waals surface area contributed by atoms with E-state index in [2.05, 4.69) is 46.4 Å². The molecule has 2 aliphatic rings. The van der Waals surface area contributed by atoms with E-state index in [1.54, 1.807) is 13.4 Å². The van der Waals surface area contributed by atoms with Gasteiger partial charge in [-0.05, 0) is 44.2 Å². The predicted octanol–water partition coefficient (Wildman–Crippen LogP) is 4.59. The van der Waals surface area contributed by atoms with E-state index in [1.807, 2.05) is 12.3 Å². The van der Waals surface area contributed by atoms with Crippen LogP contribution in [0, 0.1) is 12.8 Å². The van der Waals surface area contributed by atoms with Gasteiger partial charge in [0.25, 0.3) is 0 Å². The van der Waals surface area contributed by atoms with Gasteiger partial charge in [-0.3, -0.25) is 0 Å². The van der Waals surface area contributed by atoms with Crippen LogP contribution in [0.25, 0.3) is 0 Å². The topological polar surface area (TPSA) is 71.4 Å². The second kappa shape index (κ2) is 8.28. The molecule has 2 unspecified atom stereocenters. The molecule has 0 radical (unpaired) electrons. The summed E-state index contributed by atoms with van der Waals surface area (Å²) in [4.78, 5) is 13.4. The Bertz CT molecular complexity index is 941. The van der Waals surface area contributed by atoms with Gasteiger partial charge in [-0.15, -0.1) is 0 Å². The zero-order valence-corrected chi connectivity index (χ0v) is 18.2. The summed E-state index contributed by atoms with van der Waals surface area (Å²) in [5.74, 6) is 3.37. The number of aromatic nitrogens is 2. The van der Waals surface area contributed by atoms with E-state index in [0.717, 1.165) is 65.0 Å². The highest BCUT2D eigenvalue weighted by Crippen LogP contribution is 2.42. The smallest absolute Gasteiger partial charge is 0.160 e. The molecule has 2 aliphatic heterocycles. The number of halogens is 1. The van der Waals surface area contributed by atoms with Crippen LogP contribution in [0.4, 0.5) is 11.6 Å². The molecule has 1 saturated heterocycles. The van der Waals surface area contributed by atoms with Crippen LogP contribution in [-0.4, -0.2) is 36.4 Å². The molecule has 2 N–H and O–H groups in total. The highest BCUT2D eigenvalue weighted by molar-refractivity contribution is 6.31. The van der Waals surface area contributed by atoms with Crippen LogP contribution in [0.15, 0.2) is 17.4 Å². The Morgan fingerprint density at radius 3 is 2.79 bits per heavy atom. The van der Waals surface area contributed by atoms with Crippen molar-refractivity contribution in [1.29, 1.82) is 0 Å². The monoisotopic (exact) mass is 413 g/mol. The first-order valence-electron chi connectivity index (χ1n) is 10.3. The molecule has 0 aliphatic carbocycles. The summed E-state index contributed by atoms with van der Waals surface area (Å²) in [6.45, 7) is 8.27. The van der Waals surface area contributed by atoms with Crippen LogP contribution >= 0.6 is 11.6 Å². The molecule has 0 bridgehead atoms. The lowest BCUT2D eigenvalue weighted by Gasteiger charge is -2.32. The van der Waals surface area contributed by atoms with Crippen molar-refractivity contribution >= 4 is 29.5 Å². The minimum Gasteiger partial charge on any atom is -0.496 e. The minimum absolute atomic E-state index is 0.0279. The molecule has 29 heavy (non-hydrogen) atoms. The van der Waals surface area contributed by atoms with Crippen LogP contribution in [0.2, 0.25) is 5.02 Å². The standard InChI is InChI=1S/C22H28ClN5O/c1-5-14-6-17-21(25-8-14)26-11-27-22(17)28-13(3)16-7-18(23)12(2)19(20(16)29-4)15-9-24-10-15/h7-8,11,13-15,24H,5-6,9-10H2,1-4H3,(H,26,27,28). The van der Waals surface area contributed by atoms with Crippen molar-refractivity contribution in [3.8, 4) is 5.75 Å². The Balaban J connectivity index is 1.69. The SMILES string of the molecule is CCC1C=Nc2ncnc(NC(C)c3cc(Cl)c(C)c(C4CNC4)c3OC)c2C1. The van der Waals surface area contributed by atoms with Crippen molar-refractivity contribution in [1.82, 2.24) is 15.3 Å². The fraction of sp³-hybridized carbons (Fsp3) is 0.500. The van der Waals surface area contributed by atoms with Gasteiger partial charge in [-0.1, -0.05) is 18.5 Å². The number of methoxy groups -OCH3 is 1. The Hall–Kier alpha value is -2.18. The Kier molecular flexibility index (Phi) is 5.74. The third kappa shape index (κ3) is 3.71. The molecular formula is C22H28ClN5O. The molecule has 0 saturated carbocycles. The Morgan fingerprint density at radius 1 is 1.34 bits per heavy atom. The Morgan fingerprint density at radius 2 is 2.14 bits per heavy atom. The molecular weight excluding hydrogens is 386 g/mol. The second-order valence-electron chi connectivity index (χ2n) is 7.92. The number of ether oxygens (including phenoxy) is 1. The van der Waals surface area contributed by atoms with Gasteiger partial charge in [0, 0.05) is 46.9 Å². The second-order valence-corrected chi connectivity index (χ2v) is 8.32. The van der Waals surface area contributed by atoms with E-state index in [-0.39, 0.29) is 6.04 Å². The quantitative estimate of drug-likeness (QED) is 0.724. The summed E-state index contributed by atoms with van der Waals surface area (Å²) >= 11 is 6.62. The number of nitrogens with zero attached hydrogens (tertiary/aromatic N) is 3. The van der Waals surface area contributed by atoms with Crippen LogP contribution < -0.4 is 15.4 Å². The van der Waals surface area contributed by atoms with E-state index in [1.165, 1.54) is 5.56 Å². The average Bonchev–Trinajstić information content (AvgIpc) is 2.69. The number of benzene rings is 1. The minimum atomic E-state index is -0.0279. The molecule has 0 spiro atoms. The van der Waals surface area contributed by atoms with E-state index in [9.17, 15) is 0 Å². The normalized spacial score (nSPS) is 19.4. The number of rotatable bonds is 6. The molecule has 3 heterocycles. The summed E-state index contributed by atoms with van der Waals surface area (Å²) in [5.41, 5.74) is 4.44. The lowest BCUT2D eigenvalue weighted by molar-refractivity contribution is 0.379. The van der Waals surface area contributed by atoms with E-state index in [0.29, 0.717) is 11.8 Å². The van der Waals surface area contributed by atoms with Gasteiger partial charge >= 0.3 is 0 Å². The zero-order valence-electron chi connectivity index (χ0n) is 17.4. The lowest BCUT2D eigenvalue weighted by atomic mass is 9.86. The first-order chi connectivity index (χ1) is 14.0. The fourth-order valence-electron chi connectivity index (χ4n) is 4.15. The van der Waals surface area contributed by atoms with Crippen LogP contribution in [0.5, 0.6) is 5.75 Å². The van der Waals surface area contributed by atoms with Gasteiger partial charge in [-0.2, -0.15) is 0 Å². The van der Waals surface area contributed by atoms with E-state index in [4.69, 9.17) is 16.3 Å². The van der Waals surface area contributed by atoms with Crippen molar-refractivity contribution < 1.29 is 4.74 Å². The number of anilines is 1. The maximum absolute atomic E-state index is 6.62. The van der Waals surface area contributed by atoms with Crippen molar-refractivity contribution in [3.05, 3.63) is 39.7 Å². The molecule has 7 heteroatoms. The van der Waals surface area contributed by atoms with Gasteiger partial charge in [0.15, 0.2) is 5.82 Å². The summed E-state index contributed by atoms with van der Waals surface area (Å²) < 4.78 is 5.89. The molecule has 2 atom stereocenters. The Labute approximate surface area is 177 Å². The first kappa shape index (κ1) is 20.1. The van der Waals surface area contributed by atoms with Crippen LogP contribution in [0.3, 0.4) is 0 Å². The first-order valence-corrected chi connectivity index (χ1v) is 10.6. The van der Waals surface area contributed by atoms with Crippen molar-refractivity contribution in [2.45, 2.75) is 45.6 Å².